The Kier molecular flexibility index (Phi) is 7.22. The maximum atomic E-state index is 14.6. The maximum absolute atomic E-state index is 14.6. The highest BCUT2D eigenvalue weighted by Gasteiger charge is 2.69. The van der Waals surface area contributed by atoms with Crippen molar-refractivity contribution in [3.8, 4) is 0 Å². The van der Waals surface area contributed by atoms with E-state index in [1.54, 1.807) is 5.57 Å². The molecular weight excluding hydrogens is 556 g/mol. The number of amides is 1. The lowest BCUT2D eigenvalue weighted by Gasteiger charge is -2.71. The number of hydrogen-bond acceptors (Lipinski definition) is 4. The van der Waals surface area contributed by atoms with E-state index in [9.17, 15) is 9.59 Å². The summed E-state index contributed by atoms with van der Waals surface area (Å²) in [5.41, 5.74) is 3.44. The van der Waals surface area contributed by atoms with Crippen molar-refractivity contribution in [2.45, 2.75) is 106 Å². The van der Waals surface area contributed by atoms with E-state index in [1.165, 1.54) is 0 Å². The summed E-state index contributed by atoms with van der Waals surface area (Å²) in [5.74, 6) is 1.91. The number of nitrogens with zero attached hydrogens (tertiary/aromatic N) is 2. The van der Waals surface area contributed by atoms with Crippen LogP contribution in [0.2, 0.25) is 0 Å². The quantitative estimate of drug-likeness (QED) is 0.249. The zero-order valence-electron chi connectivity index (χ0n) is 29.0. The van der Waals surface area contributed by atoms with Gasteiger partial charge < -0.3 is 9.64 Å². The van der Waals surface area contributed by atoms with Crippen molar-refractivity contribution in [1.82, 2.24) is 9.88 Å². The smallest absolute Gasteiger partial charge is 0.229 e. The van der Waals surface area contributed by atoms with E-state index in [4.69, 9.17) is 4.74 Å². The number of morpholine rings is 1. The number of Topliss-reactive ketones (excluding diaryl/α,β-unsaturated/α-hetero) is 1. The number of pyridine rings is 1. The van der Waals surface area contributed by atoms with E-state index in [0.29, 0.717) is 42.7 Å². The molecule has 4 saturated carbocycles. The SMILES string of the molecule is CC1(C)CC[C@]2(C(=O)N3CCOCC3)CC[C@]3(C)C(=CC[C@@H]4[C@@]5(C)C/C(=C/c6ccncc6)C(=O)C(C)(C)[C@@H]5CC[C@]43C)[C@@H]2C1. The van der Waals surface area contributed by atoms with Gasteiger partial charge in [0, 0.05) is 30.9 Å². The fraction of sp³-hybridized carbons (Fsp3) is 0.725. The third-order valence-electron chi connectivity index (χ3n) is 15.0. The highest BCUT2D eigenvalue weighted by atomic mass is 16.5. The lowest BCUT2D eigenvalue weighted by Crippen LogP contribution is -2.65. The van der Waals surface area contributed by atoms with E-state index in [-0.39, 0.29) is 27.1 Å². The molecule has 1 aromatic rings. The van der Waals surface area contributed by atoms with Gasteiger partial charge in [-0.05, 0) is 127 Å². The Hall–Kier alpha value is -2.27. The van der Waals surface area contributed by atoms with Crippen LogP contribution in [0.3, 0.4) is 0 Å². The van der Waals surface area contributed by atoms with Gasteiger partial charge in [-0.3, -0.25) is 14.6 Å². The van der Waals surface area contributed by atoms with Crippen molar-refractivity contribution in [3.05, 3.63) is 47.3 Å². The average molecular weight is 613 g/mol. The van der Waals surface area contributed by atoms with E-state index < -0.39 is 5.41 Å². The maximum Gasteiger partial charge on any atom is 0.229 e. The summed E-state index contributed by atoms with van der Waals surface area (Å²) >= 11 is 0. The first-order chi connectivity index (χ1) is 21.2. The molecule has 0 aromatic carbocycles. The molecule has 0 radical (unpaired) electrons. The summed E-state index contributed by atoms with van der Waals surface area (Å²) in [5, 5.41) is 0. The second kappa shape index (κ2) is 10.4. The van der Waals surface area contributed by atoms with Crippen molar-refractivity contribution in [1.29, 1.82) is 0 Å². The van der Waals surface area contributed by atoms with Crippen molar-refractivity contribution < 1.29 is 14.3 Å². The molecule has 6 aliphatic rings. The largest absolute Gasteiger partial charge is 0.378 e. The molecule has 0 bridgehead atoms. The van der Waals surface area contributed by atoms with Gasteiger partial charge in [-0.15, -0.1) is 0 Å². The van der Waals surface area contributed by atoms with Crippen molar-refractivity contribution in [2.75, 3.05) is 26.3 Å². The highest BCUT2D eigenvalue weighted by Crippen LogP contribution is 2.76. The lowest BCUT2D eigenvalue weighted by atomic mass is 9.33. The first kappa shape index (κ1) is 31.3. The topological polar surface area (TPSA) is 59.5 Å². The lowest BCUT2D eigenvalue weighted by molar-refractivity contribution is -0.183. The number of ketones is 1. The molecule has 7 atom stereocenters. The Bertz CT molecular complexity index is 1440. The third kappa shape index (κ3) is 4.45. The normalized spacial score (nSPS) is 43.0. The molecule has 1 saturated heterocycles. The summed E-state index contributed by atoms with van der Waals surface area (Å²) in [6.45, 7) is 19.8. The first-order valence-corrected chi connectivity index (χ1v) is 17.9. The number of rotatable bonds is 2. The van der Waals surface area contributed by atoms with Crippen LogP contribution in [0, 0.1) is 50.2 Å². The summed E-state index contributed by atoms with van der Waals surface area (Å²) in [6, 6.07) is 4.03. The van der Waals surface area contributed by atoms with Gasteiger partial charge in [0.1, 0.15) is 0 Å². The molecule has 5 aliphatic carbocycles. The zero-order chi connectivity index (χ0) is 32.0. The van der Waals surface area contributed by atoms with Gasteiger partial charge in [-0.25, -0.2) is 0 Å². The Morgan fingerprint density at radius 2 is 1.62 bits per heavy atom. The molecule has 45 heavy (non-hydrogen) atoms. The van der Waals surface area contributed by atoms with Gasteiger partial charge in [0.15, 0.2) is 5.78 Å². The predicted octanol–water partition coefficient (Wildman–Crippen LogP) is 8.30. The molecule has 7 rings (SSSR count). The number of allylic oxidation sites excluding steroid dienone is 3. The summed E-state index contributed by atoms with van der Waals surface area (Å²) in [7, 11) is 0. The number of ether oxygens (including phenoxy) is 1. The highest BCUT2D eigenvalue weighted by molar-refractivity contribution is 6.04. The summed E-state index contributed by atoms with van der Waals surface area (Å²) < 4.78 is 5.66. The molecule has 1 amide bonds. The predicted molar refractivity (Wildman–Crippen MR) is 179 cm³/mol. The zero-order valence-corrected chi connectivity index (χ0v) is 29.0. The van der Waals surface area contributed by atoms with Crippen LogP contribution in [0.5, 0.6) is 0 Å². The van der Waals surface area contributed by atoms with Crippen molar-refractivity contribution >= 4 is 17.8 Å². The van der Waals surface area contributed by atoms with Crippen LogP contribution < -0.4 is 0 Å². The summed E-state index contributed by atoms with van der Waals surface area (Å²) in [4.78, 5) is 35.0. The van der Waals surface area contributed by atoms with Gasteiger partial charge in [-0.2, -0.15) is 0 Å². The Morgan fingerprint density at radius 1 is 0.933 bits per heavy atom. The summed E-state index contributed by atoms with van der Waals surface area (Å²) in [6.07, 6.45) is 17.9. The second-order valence-electron chi connectivity index (χ2n) is 18.0. The van der Waals surface area contributed by atoms with Crippen molar-refractivity contribution in [3.63, 3.8) is 0 Å². The Morgan fingerprint density at radius 3 is 2.33 bits per heavy atom. The fourth-order valence-electron chi connectivity index (χ4n) is 12.3. The monoisotopic (exact) mass is 612 g/mol. The van der Waals surface area contributed by atoms with E-state index in [2.05, 4.69) is 70.5 Å². The number of fused-ring (bicyclic) bond motifs is 7. The van der Waals surface area contributed by atoms with Gasteiger partial charge in [0.05, 0.1) is 18.6 Å². The van der Waals surface area contributed by atoms with Crippen LogP contribution in [0.1, 0.15) is 112 Å². The van der Waals surface area contributed by atoms with Gasteiger partial charge in [0.2, 0.25) is 5.91 Å². The van der Waals surface area contributed by atoms with E-state index in [0.717, 1.165) is 82.0 Å². The Balaban J connectivity index is 1.30. The number of carbonyl (C=O) groups is 2. The molecule has 0 spiro atoms. The van der Waals surface area contributed by atoms with Crippen LogP contribution in [-0.4, -0.2) is 47.9 Å². The molecule has 5 fully saturated rings. The number of carbonyl (C=O) groups excluding carboxylic acids is 2. The van der Waals surface area contributed by atoms with Gasteiger partial charge in [-0.1, -0.05) is 60.1 Å². The average Bonchev–Trinajstić information content (AvgIpc) is 3.00. The van der Waals surface area contributed by atoms with Crippen molar-refractivity contribution in [2.24, 2.45) is 50.2 Å². The van der Waals surface area contributed by atoms with Crippen LogP contribution in [0.4, 0.5) is 0 Å². The molecule has 0 unspecified atom stereocenters. The standard InChI is InChI=1S/C40H56N2O3/c1-35(2)14-16-40(34(44)42-20-22-45-23-21-42)17-15-38(6)29(30(40)26-35)8-9-32-37(5)25-28(24-27-11-18-41-19-12-27)33(43)36(3,4)31(37)10-13-39(32,38)7/h8,11-12,18-19,24,30-32H,9-10,13-17,20-23,25-26H2,1-7H3/b28-24-/t30-,31-,32+,37-,38+,39+,40-/m0/s1. The molecule has 1 aromatic heterocycles. The third-order valence-corrected chi connectivity index (χ3v) is 15.0. The first-order valence-electron chi connectivity index (χ1n) is 17.9. The van der Waals surface area contributed by atoms with Crippen LogP contribution >= 0.6 is 0 Å². The minimum absolute atomic E-state index is 0.0261. The second-order valence-corrected chi connectivity index (χ2v) is 18.0. The van der Waals surface area contributed by atoms with Crippen LogP contribution in [0.25, 0.3) is 6.08 Å². The number of aromatic nitrogens is 1. The van der Waals surface area contributed by atoms with E-state index in [1.807, 2.05) is 24.5 Å². The molecule has 5 nitrogen and oxygen atoms in total. The molecular formula is C40H56N2O3. The molecule has 5 heteroatoms. The van der Waals surface area contributed by atoms with Crippen LogP contribution in [0.15, 0.2) is 41.7 Å². The molecule has 1 aliphatic heterocycles. The number of hydrogen-bond donors (Lipinski definition) is 0. The Labute approximate surface area is 271 Å². The molecule has 244 valence electrons. The van der Waals surface area contributed by atoms with Gasteiger partial charge in [0.25, 0.3) is 0 Å². The van der Waals surface area contributed by atoms with Crippen LogP contribution in [-0.2, 0) is 14.3 Å². The molecule has 2 heterocycles. The molecule has 0 N–H and O–H groups in total. The minimum Gasteiger partial charge on any atom is -0.378 e. The minimum atomic E-state index is -0.391. The van der Waals surface area contributed by atoms with Gasteiger partial charge >= 0.3 is 0 Å². The van der Waals surface area contributed by atoms with E-state index >= 15 is 0 Å². The fourth-order valence-corrected chi connectivity index (χ4v) is 12.3.